The van der Waals surface area contributed by atoms with Crippen LogP contribution in [0.5, 0.6) is 0 Å². The molecule has 1 heterocycles. The molecule has 1 saturated heterocycles. The zero-order valence-corrected chi connectivity index (χ0v) is 15.9. The number of hydrogen-bond donors (Lipinski definition) is 0. The van der Waals surface area contributed by atoms with E-state index in [1.807, 2.05) is 0 Å². The molecule has 2 atom stereocenters. The minimum Gasteiger partial charge on any atom is -0.453 e. The molecule has 30 heavy (non-hydrogen) atoms. The Balaban J connectivity index is 2.67. The predicted octanol–water partition coefficient (Wildman–Crippen LogP) is 1.37. The van der Waals surface area contributed by atoms with Gasteiger partial charge in [0.1, 0.15) is 0 Å². The Morgan fingerprint density at radius 1 is 0.833 bits per heavy atom. The van der Waals surface area contributed by atoms with Crippen molar-refractivity contribution in [1.29, 1.82) is 0 Å². The van der Waals surface area contributed by atoms with E-state index in [1.165, 1.54) is 0 Å². The topological polar surface area (TPSA) is 116 Å². The van der Waals surface area contributed by atoms with E-state index in [-0.39, 0.29) is 4.90 Å². The van der Waals surface area contributed by atoms with Gasteiger partial charge in [0, 0.05) is 20.8 Å². The SMILES string of the molecule is CC(=O)OC1C(=O)N(c2ccccc2C(F)(F)F)C(=O)C(OC(C)=O)C1OC(C)=O. The number of piperidine rings is 1. The molecule has 0 aromatic heterocycles. The molecule has 0 aliphatic carbocycles. The highest BCUT2D eigenvalue weighted by Crippen LogP contribution is 2.38. The molecule has 2 unspecified atom stereocenters. The lowest BCUT2D eigenvalue weighted by Gasteiger charge is -2.39. The monoisotopic (exact) mass is 431 g/mol. The van der Waals surface area contributed by atoms with Gasteiger partial charge < -0.3 is 14.2 Å². The number of nitrogens with zero attached hydrogens (tertiary/aromatic N) is 1. The number of carbonyl (C=O) groups is 5. The molecule has 2 amide bonds. The van der Waals surface area contributed by atoms with E-state index in [1.54, 1.807) is 0 Å². The van der Waals surface area contributed by atoms with E-state index in [9.17, 15) is 37.1 Å². The first-order chi connectivity index (χ1) is 13.8. The van der Waals surface area contributed by atoms with Gasteiger partial charge in [-0.3, -0.25) is 24.0 Å². The molecule has 1 fully saturated rings. The van der Waals surface area contributed by atoms with Crippen molar-refractivity contribution in [2.24, 2.45) is 0 Å². The van der Waals surface area contributed by atoms with Crippen molar-refractivity contribution in [2.45, 2.75) is 45.3 Å². The minimum absolute atomic E-state index is 0.101. The molecule has 0 radical (unpaired) electrons. The van der Waals surface area contributed by atoms with Gasteiger partial charge in [0.25, 0.3) is 11.8 Å². The van der Waals surface area contributed by atoms with Crippen LogP contribution in [0.3, 0.4) is 0 Å². The average Bonchev–Trinajstić information content (AvgIpc) is 2.60. The van der Waals surface area contributed by atoms with Crippen LogP contribution >= 0.6 is 0 Å². The van der Waals surface area contributed by atoms with Crippen molar-refractivity contribution in [2.75, 3.05) is 4.90 Å². The summed E-state index contributed by atoms with van der Waals surface area (Å²) in [6.45, 7) is 2.70. The van der Waals surface area contributed by atoms with E-state index >= 15 is 0 Å². The molecule has 2 rings (SSSR count). The number of anilines is 1. The number of imide groups is 1. The number of amides is 2. The van der Waals surface area contributed by atoms with Crippen LogP contribution in [0.1, 0.15) is 26.3 Å². The lowest BCUT2D eigenvalue weighted by atomic mass is 9.97. The molecule has 0 N–H and O–H groups in total. The second kappa shape index (κ2) is 8.51. The Hall–Kier alpha value is -3.44. The van der Waals surface area contributed by atoms with Gasteiger partial charge in [0.15, 0.2) is 6.10 Å². The Kier molecular flexibility index (Phi) is 6.48. The van der Waals surface area contributed by atoms with E-state index in [2.05, 4.69) is 0 Å². The Morgan fingerprint density at radius 2 is 1.27 bits per heavy atom. The third kappa shape index (κ3) is 4.75. The van der Waals surface area contributed by atoms with Crippen molar-refractivity contribution in [1.82, 2.24) is 0 Å². The molecule has 1 aromatic rings. The molecule has 162 valence electrons. The number of benzene rings is 1. The largest absolute Gasteiger partial charge is 0.453 e. The molecule has 1 aliphatic heterocycles. The summed E-state index contributed by atoms with van der Waals surface area (Å²) in [6, 6.07) is 3.67. The first-order valence-corrected chi connectivity index (χ1v) is 8.40. The van der Waals surface area contributed by atoms with Crippen LogP contribution in [0.15, 0.2) is 24.3 Å². The fourth-order valence-electron chi connectivity index (χ4n) is 2.86. The van der Waals surface area contributed by atoms with Crippen molar-refractivity contribution >= 4 is 35.4 Å². The van der Waals surface area contributed by atoms with Crippen LogP contribution in [-0.2, 0) is 44.4 Å². The van der Waals surface area contributed by atoms with Crippen LogP contribution < -0.4 is 4.90 Å². The lowest BCUT2D eigenvalue weighted by Crippen LogP contribution is -2.65. The van der Waals surface area contributed by atoms with Crippen molar-refractivity contribution < 1.29 is 51.4 Å². The summed E-state index contributed by atoms with van der Waals surface area (Å²) in [5, 5.41) is 0. The molecule has 12 heteroatoms. The molecule has 1 aliphatic rings. The normalized spacial score (nSPS) is 21.8. The number of alkyl halides is 3. The number of halogens is 3. The maximum Gasteiger partial charge on any atom is 0.418 e. The number of rotatable bonds is 4. The number of hydrogen-bond acceptors (Lipinski definition) is 8. The minimum atomic E-state index is -4.95. The van der Waals surface area contributed by atoms with Gasteiger partial charge in [0.2, 0.25) is 12.2 Å². The molecule has 9 nitrogen and oxygen atoms in total. The molecular formula is C18H16F3NO8. The van der Waals surface area contributed by atoms with Crippen LogP contribution in [0.2, 0.25) is 0 Å². The smallest absolute Gasteiger partial charge is 0.418 e. The van der Waals surface area contributed by atoms with Gasteiger partial charge in [-0.15, -0.1) is 0 Å². The Bertz CT molecular complexity index is 862. The van der Waals surface area contributed by atoms with Crippen LogP contribution in [0.25, 0.3) is 0 Å². The van der Waals surface area contributed by atoms with E-state index in [4.69, 9.17) is 14.2 Å². The standard InChI is InChI=1S/C18H16F3NO8/c1-8(23)28-13-14(29-9(2)24)16(26)22(17(27)15(13)30-10(3)25)12-7-5-4-6-11(12)18(19,20)21/h4-7,13-15H,1-3H3. The molecule has 1 aromatic carbocycles. The summed E-state index contributed by atoms with van der Waals surface area (Å²) in [5.74, 6) is -5.92. The van der Waals surface area contributed by atoms with Crippen LogP contribution in [0.4, 0.5) is 18.9 Å². The van der Waals surface area contributed by atoms with Crippen molar-refractivity contribution in [3.8, 4) is 0 Å². The zero-order chi connectivity index (χ0) is 22.8. The quantitative estimate of drug-likeness (QED) is 0.399. The summed E-state index contributed by atoms with van der Waals surface area (Å²) < 4.78 is 54.8. The predicted molar refractivity (Wildman–Crippen MR) is 90.6 cm³/mol. The summed E-state index contributed by atoms with van der Waals surface area (Å²) in [7, 11) is 0. The Labute approximate surface area is 167 Å². The average molecular weight is 431 g/mol. The number of para-hydroxylation sites is 1. The van der Waals surface area contributed by atoms with Crippen molar-refractivity contribution in [3.05, 3.63) is 29.8 Å². The first-order valence-electron chi connectivity index (χ1n) is 8.40. The second-order valence-corrected chi connectivity index (χ2v) is 6.16. The number of carbonyl (C=O) groups excluding carboxylic acids is 5. The number of ether oxygens (including phenoxy) is 3. The number of esters is 3. The highest BCUT2D eigenvalue weighted by Gasteiger charge is 2.55. The third-order valence-electron chi connectivity index (χ3n) is 3.86. The van der Waals surface area contributed by atoms with E-state index in [0.29, 0.717) is 6.07 Å². The maximum absolute atomic E-state index is 13.4. The Morgan fingerprint density at radius 3 is 1.67 bits per heavy atom. The highest BCUT2D eigenvalue weighted by atomic mass is 19.4. The summed E-state index contributed by atoms with van der Waals surface area (Å²) in [4.78, 5) is 60.3. The second-order valence-electron chi connectivity index (χ2n) is 6.16. The molecule has 0 spiro atoms. The van der Waals surface area contributed by atoms with Gasteiger partial charge in [-0.25, -0.2) is 4.90 Å². The first kappa shape index (κ1) is 22.8. The molecular weight excluding hydrogens is 415 g/mol. The fraction of sp³-hybridized carbons (Fsp3) is 0.389. The van der Waals surface area contributed by atoms with Crippen LogP contribution in [0, 0.1) is 0 Å². The van der Waals surface area contributed by atoms with Crippen molar-refractivity contribution in [3.63, 3.8) is 0 Å². The molecule has 0 bridgehead atoms. The van der Waals surface area contributed by atoms with Gasteiger partial charge in [-0.2, -0.15) is 13.2 Å². The third-order valence-corrected chi connectivity index (χ3v) is 3.86. The molecule has 0 saturated carbocycles. The van der Waals surface area contributed by atoms with Crippen LogP contribution in [-0.4, -0.2) is 48.0 Å². The fourth-order valence-corrected chi connectivity index (χ4v) is 2.86. The highest BCUT2D eigenvalue weighted by molar-refractivity contribution is 6.21. The van der Waals surface area contributed by atoms with E-state index in [0.717, 1.165) is 39.0 Å². The van der Waals surface area contributed by atoms with E-state index < -0.39 is 65.5 Å². The van der Waals surface area contributed by atoms with Gasteiger partial charge >= 0.3 is 24.1 Å². The lowest BCUT2D eigenvalue weighted by molar-refractivity contribution is -0.191. The van der Waals surface area contributed by atoms with Gasteiger partial charge in [-0.1, -0.05) is 12.1 Å². The summed E-state index contributed by atoms with van der Waals surface area (Å²) in [6.07, 6.45) is -10.9. The van der Waals surface area contributed by atoms with Gasteiger partial charge in [-0.05, 0) is 12.1 Å². The zero-order valence-electron chi connectivity index (χ0n) is 15.9. The maximum atomic E-state index is 13.4. The summed E-state index contributed by atoms with van der Waals surface area (Å²) in [5.41, 5.74) is -2.20. The summed E-state index contributed by atoms with van der Waals surface area (Å²) >= 11 is 0. The van der Waals surface area contributed by atoms with Gasteiger partial charge in [0.05, 0.1) is 11.3 Å².